The number of benzene rings is 1. The zero-order valence-electron chi connectivity index (χ0n) is 8.08. The van der Waals surface area contributed by atoms with Crippen molar-refractivity contribution in [1.82, 2.24) is 5.32 Å². The van der Waals surface area contributed by atoms with E-state index in [2.05, 4.69) is 5.32 Å². The van der Waals surface area contributed by atoms with Crippen molar-refractivity contribution in [3.05, 3.63) is 35.4 Å². The fraction of sp³-hybridized carbons (Fsp3) is 0.400. The molecule has 15 heavy (non-hydrogen) atoms. The van der Waals surface area contributed by atoms with E-state index in [0.29, 0.717) is 5.56 Å². The van der Waals surface area contributed by atoms with Crippen LogP contribution >= 0.6 is 0 Å². The molecule has 1 aromatic rings. The van der Waals surface area contributed by atoms with Crippen molar-refractivity contribution in [1.29, 1.82) is 0 Å². The van der Waals surface area contributed by atoms with Gasteiger partial charge in [0.15, 0.2) is 0 Å². The third kappa shape index (κ3) is 3.91. The minimum atomic E-state index is -0.867. The van der Waals surface area contributed by atoms with Crippen molar-refractivity contribution in [2.75, 3.05) is 13.2 Å². The van der Waals surface area contributed by atoms with E-state index in [1.165, 1.54) is 12.1 Å². The first-order valence-corrected chi connectivity index (χ1v) is 4.57. The van der Waals surface area contributed by atoms with Gasteiger partial charge in [0.05, 0.1) is 12.7 Å². The molecule has 0 amide bonds. The van der Waals surface area contributed by atoms with Crippen LogP contribution in [-0.2, 0) is 6.54 Å². The monoisotopic (exact) mass is 217 g/mol. The number of halogens is 2. The van der Waals surface area contributed by atoms with Crippen LogP contribution in [0.3, 0.4) is 0 Å². The molecule has 0 spiro atoms. The minimum absolute atomic E-state index is 0.160. The Morgan fingerprint density at radius 3 is 2.67 bits per heavy atom. The molecule has 3 nitrogen and oxygen atoms in total. The minimum Gasteiger partial charge on any atom is -0.394 e. The lowest BCUT2D eigenvalue weighted by atomic mass is 10.2. The van der Waals surface area contributed by atoms with Gasteiger partial charge in [-0.2, -0.15) is 0 Å². The van der Waals surface area contributed by atoms with E-state index in [4.69, 9.17) is 10.2 Å². The summed E-state index contributed by atoms with van der Waals surface area (Å²) in [5.41, 5.74) is 0.321. The molecule has 3 N–H and O–H groups in total. The Morgan fingerprint density at radius 2 is 2.07 bits per heavy atom. The zero-order chi connectivity index (χ0) is 11.3. The van der Waals surface area contributed by atoms with Gasteiger partial charge in [0.1, 0.15) is 11.6 Å². The summed E-state index contributed by atoms with van der Waals surface area (Å²) in [7, 11) is 0. The molecule has 0 saturated carbocycles. The SMILES string of the molecule is OC[C@H](O)CNCc1ccc(F)cc1F. The Labute approximate surface area is 86.4 Å². The van der Waals surface area contributed by atoms with Crippen LogP contribution in [0.1, 0.15) is 5.56 Å². The average Bonchev–Trinajstić information content (AvgIpc) is 2.21. The van der Waals surface area contributed by atoms with Crippen LogP contribution < -0.4 is 5.32 Å². The maximum absolute atomic E-state index is 13.1. The van der Waals surface area contributed by atoms with Gasteiger partial charge < -0.3 is 15.5 Å². The topological polar surface area (TPSA) is 52.5 Å². The van der Waals surface area contributed by atoms with Crippen molar-refractivity contribution >= 4 is 0 Å². The molecular formula is C10H13F2NO2. The first-order valence-electron chi connectivity index (χ1n) is 4.57. The maximum Gasteiger partial charge on any atom is 0.130 e. The van der Waals surface area contributed by atoms with Crippen LogP contribution in [0.2, 0.25) is 0 Å². The summed E-state index contributed by atoms with van der Waals surface area (Å²) in [5.74, 6) is -1.24. The second-order valence-corrected chi connectivity index (χ2v) is 3.20. The largest absolute Gasteiger partial charge is 0.394 e. The van der Waals surface area contributed by atoms with Gasteiger partial charge >= 0.3 is 0 Å². The van der Waals surface area contributed by atoms with Gasteiger partial charge in [0.2, 0.25) is 0 Å². The van der Waals surface area contributed by atoms with Gasteiger partial charge in [-0.25, -0.2) is 8.78 Å². The van der Waals surface area contributed by atoms with E-state index in [1.807, 2.05) is 0 Å². The molecule has 0 aliphatic carbocycles. The number of nitrogens with one attached hydrogen (secondary N) is 1. The number of aliphatic hydroxyl groups is 2. The van der Waals surface area contributed by atoms with Crippen LogP contribution in [0, 0.1) is 11.6 Å². The fourth-order valence-electron chi connectivity index (χ4n) is 1.10. The predicted molar refractivity (Wildman–Crippen MR) is 51.2 cm³/mol. The highest BCUT2D eigenvalue weighted by Crippen LogP contribution is 2.08. The van der Waals surface area contributed by atoms with E-state index in [1.54, 1.807) is 0 Å². The molecule has 1 atom stereocenters. The normalized spacial score (nSPS) is 12.8. The highest BCUT2D eigenvalue weighted by molar-refractivity contribution is 5.18. The number of rotatable bonds is 5. The number of hydrogen-bond acceptors (Lipinski definition) is 3. The molecular weight excluding hydrogens is 204 g/mol. The molecule has 84 valence electrons. The van der Waals surface area contributed by atoms with E-state index < -0.39 is 17.7 Å². The summed E-state index contributed by atoms with van der Waals surface area (Å²) in [6.07, 6.45) is -0.867. The van der Waals surface area contributed by atoms with E-state index >= 15 is 0 Å². The molecule has 0 saturated heterocycles. The maximum atomic E-state index is 13.1. The first-order chi connectivity index (χ1) is 7.13. The molecule has 1 aromatic carbocycles. The molecule has 0 fully saturated rings. The van der Waals surface area contributed by atoms with Crippen LogP contribution in [0.15, 0.2) is 18.2 Å². The summed E-state index contributed by atoms with van der Waals surface area (Å²) in [6.45, 7) is -0.00457. The van der Waals surface area contributed by atoms with Gasteiger partial charge in [-0.3, -0.25) is 0 Å². The Bertz CT molecular complexity index is 320. The van der Waals surface area contributed by atoms with Crippen molar-refractivity contribution in [3.8, 4) is 0 Å². The van der Waals surface area contributed by atoms with Crippen LogP contribution in [0.5, 0.6) is 0 Å². The van der Waals surface area contributed by atoms with Gasteiger partial charge in [0, 0.05) is 24.7 Å². The molecule has 1 rings (SSSR count). The van der Waals surface area contributed by atoms with E-state index in [-0.39, 0.29) is 19.7 Å². The second kappa shape index (κ2) is 5.75. The first kappa shape index (κ1) is 12.0. The summed E-state index contributed by atoms with van der Waals surface area (Å²) >= 11 is 0. The molecule has 0 heterocycles. The quantitative estimate of drug-likeness (QED) is 0.669. The highest BCUT2D eigenvalue weighted by Gasteiger charge is 2.05. The Balaban J connectivity index is 2.44. The van der Waals surface area contributed by atoms with Crippen LogP contribution in [0.25, 0.3) is 0 Å². The van der Waals surface area contributed by atoms with Crippen molar-refractivity contribution in [2.24, 2.45) is 0 Å². The molecule has 0 aromatic heterocycles. The Morgan fingerprint density at radius 1 is 1.33 bits per heavy atom. The highest BCUT2D eigenvalue weighted by atomic mass is 19.1. The predicted octanol–water partition coefficient (Wildman–Crippen LogP) is 0.408. The molecule has 0 aliphatic rings. The van der Waals surface area contributed by atoms with Crippen molar-refractivity contribution in [3.63, 3.8) is 0 Å². The van der Waals surface area contributed by atoms with Crippen molar-refractivity contribution < 1.29 is 19.0 Å². The Hall–Kier alpha value is -1.04. The molecule has 0 radical (unpaired) electrons. The van der Waals surface area contributed by atoms with E-state index in [9.17, 15) is 8.78 Å². The van der Waals surface area contributed by atoms with Gasteiger partial charge in [-0.1, -0.05) is 6.07 Å². The summed E-state index contributed by atoms with van der Waals surface area (Å²) in [6, 6.07) is 3.31. The lowest BCUT2D eigenvalue weighted by molar-refractivity contribution is 0.0941. The molecule has 0 bridgehead atoms. The number of aliphatic hydroxyl groups excluding tert-OH is 2. The smallest absolute Gasteiger partial charge is 0.130 e. The second-order valence-electron chi connectivity index (χ2n) is 3.20. The third-order valence-corrected chi connectivity index (χ3v) is 1.92. The average molecular weight is 217 g/mol. The van der Waals surface area contributed by atoms with Crippen molar-refractivity contribution in [2.45, 2.75) is 12.6 Å². The fourth-order valence-corrected chi connectivity index (χ4v) is 1.10. The van der Waals surface area contributed by atoms with Gasteiger partial charge in [-0.05, 0) is 6.07 Å². The molecule has 0 aliphatic heterocycles. The number of hydrogen-bond donors (Lipinski definition) is 3. The zero-order valence-corrected chi connectivity index (χ0v) is 8.08. The van der Waals surface area contributed by atoms with Crippen LogP contribution in [-0.4, -0.2) is 29.5 Å². The van der Waals surface area contributed by atoms with Gasteiger partial charge in [-0.15, -0.1) is 0 Å². The summed E-state index contributed by atoms with van der Waals surface area (Å²) in [4.78, 5) is 0. The van der Waals surface area contributed by atoms with Gasteiger partial charge in [0.25, 0.3) is 0 Å². The lowest BCUT2D eigenvalue weighted by Crippen LogP contribution is -2.29. The van der Waals surface area contributed by atoms with E-state index in [0.717, 1.165) is 6.07 Å². The summed E-state index contributed by atoms with van der Waals surface area (Å²) in [5, 5.41) is 20.2. The lowest BCUT2D eigenvalue weighted by Gasteiger charge is -2.09. The van der Waals surface area contributed by atoms with Crippen LogP contribution in [0.4, 0.5) is 8.78 Å². The summed E-state index contributed by atoms with van der Waals surface area (Å²) < 4.78 is 25.6. The standard InChI is InChI=1S/C10H13F2NO2/c11-8-2-1-7(10(12)3-8)4-13-5-9(15)6-14/h1-3,9,13-15H,4-6H2/t9-/m1/s1. The molecule has 5 heteroatoms. The third-order valence-electron chi connectivity index (χ3n) is 1.92. The Kier molecular flexibility index (Phi) is 4.61. The molecule has 0 unspecified atom stereocenters.